The molecule has 0 aliphatic rings. The van der Waals surface area contributed by atoms with E-state index in [1.165, 1.54) is 88.7 Å². The highest BCUT2D eigenvalue weighted by atomic mass is 31.2. The number of fused-ring (bicyclic) bond motifs is 1. The highest BCUT2D eigenvalue weighted by molar-refractivity contribution is 7.47. The summed E-state index contributed by atoms with van der Waals surface area (Å²) in [5, 5.41) is 0. The third-order valence-corrected chi connectivity index (χ3v) is 14.0. The molecule has 0 saturated carbocycles. The van der Waals surface area contributed by atoms with E-state index < -0.39 is 38.2 Å². The van der Waals surface area contributed by atoms with E-state index in [4.69, 9.17) is 33.7 Å². The minimum absolute atomic E-state index is 0.00481. The van der Waals surface area contributed by atoms with Gasteiger partial charge in [-0.05, 0) is 76.2 Å². The number of aromatic amines is 1. The zero-order valence-corrected chi connectivity index (χ0v) is 47.4. The molecule has 0 aliphatic heterocycles. The number of carbonyl (C=O) groups excluding carboxylic acids is 3. The topological polar surface area (TPSA) is 233 Å². The number of H-pyrrole nitrogens is 1. The number of Topliss-reactive ketones (excluding diaryl/α,β-unsaturated/α-hetero) is 1. The van der Waals surface area contributed by atoms with Crippen molar-refractivity contribution >= 4 is 42.5 Å². The fraction of sp³-hybridized carbons (Fsp3) is 0.690. The van der Waals surface area contributed by atoms with Crippen LogP contribution in [0.25, 0.3) is 11.2 Å². The van der Waals surface area contributed by atoms with Crippen LogP contribution >= 0.6 is 7.82 Å². The van der Waals surface area contributed by atoms with Gasteiger partial charge in [0.1, 0.15) is 18.7 Å². The van der Waals surface area contributed by atoms with Crippen molar-refractivity contribution in [1.82, 2.24) is 19.5 Å². The number of hydrogen-bond donors (Lipinski definition) is 3. The minimum Gasteiger partial charge on any atom is -0.462 e. The maximum atomic E-state index is 13.1. The van der Waals surface area contributed by atoms with Crippen LogP contribution in [0.4, 0.5) is 5.82 Å². The summed E-state index contributed by atoms with van der Waals surface area (Å²) in [6, 6.07) is 6.69. The first-order valence-electron chi connectivity index (χ1n) is 28.7. The normalized spacial score (nSPS) is 12.9. The lowest BCUT2D eigenvalue weighted by atomic mass is 10.0. The number of phosphoric ester groups is 1. The Morgan fingerprint density at radius 1 is 0.658 bits per heavy atom. The summed E-state index contributed by atoms with van der Waals surface area (Å²) in [6.45, 7) is 3.97. The molecule has 0 spiro atoms. The van der Waals surface area contributed by atoms with E-state index in [1.807, 2.05) is 0 Å². The van der Waals surface area contributed by atoms with Crippen molar-refractivity contribution in [1.29, 1.82) is 0 Å². The number of benzene rings is 1. The third kappa shape index (κ3) is 30.3. The lowest BCUT2D eigenvalue weighted by Gasteiger charge is -2.20. The van der Waals surface area contributed by atoms with E-state index in [9.17, 15) is 28.6 Å². The van der Waals surface area contributed by atoms with Gasteiger partial charge in [0.25, 0.3) is 0 Å². The molecule has 3 rings (SSSR count). The molecule has 17 nitrogen and oxygen atoms in total. The Balaban J connectivity index is 1.41. The molecule has 3 aromatic rings. The van der Waals surface area contributed by atoms with Gasteiger partial charge in [0.15, 0.2) is 23.4 Å². The van der Waals surface area contributed by atoms with Gasteiger partial charge in [-0.2, -0.15) is 9.97 Å². The van der Waals surface area contributed by atoms with E-state index in [-0.39, 0.29) is 80.8 Å². The second-order valence-electron chi connectivity index (χ2n) is 19.7. The number of nitrogen functional groups attached to an aromatic ring is 1. The molecule has 0 bridgehead atoms. The number of anilines is 1. The zero-order chi connectivity index (χ0) is 54.9. The Kier molecular flexibility index (Phi) is 35.8. The van der Waals surface area contributed by atoms with E-state index in [0.717, 1.165) is 77.0 Å². The molecule has 1 unspecified atom stereocenters. The summed E-state index contributed by atoms with van der Waals surface area (Å²) in [6.07, 6.45) is 38.1. The number of phosphoric acid groups is 1. The Bertz CT molecular complexity index is 2210. The number of hydrogen-bond acceptors (Lipinski definition) is 14. The first-order valence-corrected chi connectivity index (χ1v) is 30.2. The molecular formula is C58H94N5O12P. The van der Waals surface area contributed by atoms with Crippen LogP contribution in [-0.2, 0) is 44.0 Å². The smallest absolute Gasteiger partial charge is 0.462 e. The molecule has 18 heteroatoms. The van der Waals surface area contributed by atoms with Crippen LogP contribution in [0.2, 0.25) is 0 Å². The third-order valence-electron chi connectivity index (χ3n) is 13.0. The fourth-order valence-electron chi connectivity index (χ4n) is 8.51. The summed E-state index contributed by atoms with van der Waals surface area (Å²) >= 11 is 0. The number of ether oxygens (including phenoxy) is 4. The number of esters is 2. The molecule has 0 radical (unpaired) electrons. The number of allylic oxidation sites excluding steroid dienone is 4. The van der Waals surface area contributed by atoms with E-state index in [1.54, 1.807) is 24.3 Å². The van der Waals surface area contributed by atoms with Gasteiger partial charge in [0.05, 0.1) is 26.4 Å². The average molecular weight is 1080 g/mol. The van der Waals surface area contributed by atoms with E-state index >= 15 is 0 Å². The van der Waals surface area contributed by atoms with Gasteiger partial charge in [-0.25, -0.2) is 9.36 Å². The number of nitrogens with two attached hydrogens (primary N) is 1. The van der Waals surface area contributed by atoms with Crippen LogP contribution in [0.15, 0.2) is 53.4 Å². The van der Waals surface area contributed by atoms with Gasteiger partial charge < -0.3 is 34.6 Å². The highest BCUT2D eigenvalue weighted by Crippen LogP contribution is 2.43. The number of rotatable bonds is 48. The van der Waals surface area contributed by atoms with Crippen LogP contribution in [0.5, 0.6) is 6.01 Å². The number of methoxy groups -OCH3 is 1. The summed E-state index contributed by atoms with van der Waals surface area (Å²) in [5.74, 6) is -1.12. The number of ketones is 1. The Hall–Kier alpha value is -4.67. The lowest BCUT2D eigenvalue weighted by Crippen LogP contribution is -2.29. The monoisotopic (exact) mass is 1080 g/mol. The van der Waals surface area contributed by atoms with Crippen LogP contribution in [-0.4, -0.2) is 88.4 Å². The minimum atomic E-state index is -4.65. The van der Waals surface area contributed by atoms with Crippen molar-refractivity contribution in [3.05, 3.63) is 70.2 Å². The maximum absolute atomic E-state index is 13.1. The molecule has 0 aliphatic carbocycles. The Morgan fingerprint density at radius 3 is 1.74 bits per heavy atom. The summed E-state index contributed by atoms with van der Waals surface area (Å²) in [5.41, 5.74) is 7.26. The van der Waals surface area contributed by atoms with E-state index in [0.29, 0.717) is 30.6 Å². The second kappa shape index (κ2) is 41.4. The molecule has 0 amide bonds. The molecule has 2 aromatic heterocycles. The van der Waals surface area contributed by atoms with Crippen LogP contribution < -0.4 is 16.2 Å². The summed E-state index contributed by atoms with van der Waals surface area (Å²) < 4.78 is 46.3. The standard InChI is InChI=1S/C58H94N5O12P/c1-4-6-8-10-12-14-16-18-20-22-24-26-28-30-32-36-52(65)72-46-50(75-53(66)37-33-31-29-27-25-23-21-19-17-15-13-11-9-7-5-2)47-74-76(68,69)73-42-34-35-51(64)49-40-38-48(39-41-49)45-63-56-54(60-58(63)67)55(59)61-57(62-56)71-44-43-70-3/h18-21,38-41,50H,4-17,22-37,42-47H2,1-3H3,(H,60,67)(H,68,69)(H2,59,61,62)/b20-18-,21-19+/t50-/m1/s1. The fourth-order valence-corrected chi connectivity index (χ4v) is 9.30. The number of imidazole rings is 1. The molecule has 428 valence electrons. The zero-order valence-electron chi connectivity index (χ0n) is 46.5. The Morgan fingerprint density at radius 2 is 1.18 bits per heavy atom. The molecule has 0 fully saturated rings. The number of unbranched alkanes of at least 4 members (excludes halogenated alkanes) is 22. The van der Waals surface area contributed by atoms with Crippen molar-refractivity contribution in [3.8, 4) is 6.01 Å². The first kappa shape index (κ1) is 65.6. The van der Waals surface area contributed by atoms with E-state index in [2.05, 4.69) is 53.1 Å². The first-order chi connectivity index (χ1) is 37.0. The molecule has 2 atom stereocenters. The van der Waals surface area contributed by atoms with Crippen molar-refractivity contribution in [2.45, 2.75) is 219 Å². The quantitative estimate of drug-likeness (QED) is 0.0157. The summed E-state index contributed by atoms with van der Waals surface area (Å²) in [4.78, 5) is 73.2. The van der Waals surface area contributed by atoms with Gasteiger partial charge >= 0.3 is 31.5 Å². The van der Waals surface area contributed by atoms with Gasteiger partial charge in [-0.15, -0.1) is 0 Å². The summed E-state index contributed by atoms with van der Waals surface area (Å²) in [7, 11) is -3.12. The van der Waals surface area contributed by atoms with Crippen molar-refractivity contribution in [2.24, 2.45) is 0 Å². The molecule has 76 heavy (non-hydrogen) atoms. The highest BCUT2D eigenvalue weighted by Gasteiger charge is 2.26. The van der Waals surface area contributed by atoms with Gasteiger partial charge in [-0.1, -0.05) is 165 Å². The number of nitrogens with zero attached hydrogens (tertiary/aromatic N) is 3. The molecule has 1 aromatic carbocycles. The maximum Gasteiger partial charge on any atom is 0.472 e. The molecule has 4 N–H and O–H groups in total. The molecule has 2 heterocycles. The van der Waals surface area contributed by atoms with Gasteiger partial charge in [-0.3, -0.25) is 28.0 Å². The lowest BCUT2D eigenvalue weighted by molar-refractivity contribution is -0.161. The van der Waals surface area contributed by atoms with Crippen LogP contribution in [0.1, 0.15) is 222 Å². The SMILES string of the molecule is CCCCCCCC/C=C\CCCCCCCC(=O)OC[C@H](COP(=O)(O)OCCCC(=O)c1ccc(Cn2c(=O)[nH]c3c(N)nc(OCCOC)nc32)cc1)OC(=O)CCCCCCC/C=C/CCCCCCCC. The number of carbonyl (C=O) groups is 3. The number of aromatic nitrogens is 4. The molecular weight excluding hydrogens is 990 g/mol. The van der Waals surface area contributed by atoms with Crippen molar-refractivity contribution in [2.75, 3.05) is 45.9 Å². The largest absolute Gasteiger partial charge is 0.472 e. The van der Waals surface area contributed by atoms with Gasteiger partial charge in [0.2, 0.25) is 0 Å². The molecule has 0 saturated heterocycles. The van der Waals surface area contributed by atoms with Gasteiger partial charge in [0, 0.05) is 31.9 Å². The average Bonchev–Trinajstić information content (AvgIpc) is 3.74. The second-order valence-corrected chi connectivity index (χ2v) is 21.2. The van der Waals surface area contributed by atoms with Crippen LogP contribution in [0.3, 0.4) is 0 Å². The van der Waals surface area contributed by atoms with Crippen molar-refractivity contribution in [3.63, 3.8) is 0 Å². The van der Waals surface area contributed by atoms with Crippen LogP contribution in [0, 0.1) is 0 Å². The van der Waals surface area contributed by atoms with Crippen molar-refractivity contribution < 1.29 is 51.8 Å². The Labute approximate surface area is 453 Å². The number of nitrogens with one attached hydrogen (secondary N) is 1. The predicted molar refractivity (Wildman–Crippen MR) is 301 cm³/mol. The predicted octanol–water partition coefficient (Wildman–Crippen LogP) is 13.4.